The first kappa shape index (κ1) is 19.0. The van der Waals surface area contributed by atoms with E-state index in [1.165, 1.54) is 23.9 Å². The number of hydrogen-bond acceptors (Lipinski definition) is 3. The van der Waals surface area contributed by atoms with Crippen molar-refractivity contribution in [3.63, 3.8) is 0 Å². The summed E-state index contributed by atoms with van der Waals surface area (Å²) in [5.74, 6) is -0.431. The average Bonchev–Trinajstić information content (AvgIpc) is 3.03. The van der Waals surface area contributed by atoms with E-state index < -0.39 is 17.6 Å². The Morgan fingerprint density at radius 1 is 1.10 bits per heavy atom. The number of fused-ring (bicyclic) bond motifs is 1. The molecule has 3 aromatic rings. The summed E-state index contributed by atoms with van der Waals surface area (Å²) >= 11 is 0. The van der Waals surface area contributed by atoms with E-state index in [1.807, 2.05) is 18.2 Å². The first-order chi connectivity index (χ1) is 13.8. The quantitative estimate of drug-likeness (QED) is 0.641. The van der Waals surface area contributed by atoms with Gasteiger partial charge in [-0.05, 0) is 55.3 Å². The highest BCUT2D eigenvalue weighted by atomic mass is 19.4. The van der Waals surface area contributed by atoms with Gasteiger partial charge in [-0.15, -0.1) is 0 Å². The zero-order valence-corrected chi connectivity index (χ0v) is 15.6. The Labute approximate surface area is 166 Å². The molecule has 1 aliphatic heterocycles. The third kappa shape index (κ3) is 3.81. The third-order valence-corrected chi connectivity index (χ3v) is 4.94. The summed E-state index contributed by atoms with van der Waals surface area (Å²) in [4.78, 5) is 18.9. The Balaban J connectivity index is 1.55. The Hall–Kier alpha value is -3.35. The van der Waals surface area contributed by atoms with Gasteiger partial charge in [-0.25, -0.2) is 0 Å². The number of para-hydroxylation sites is 1. The lowest BCUT2D eigenvalue weighted by molar-refractivity contribution is -0.137. The maximum absolute atomic E-state index is 12.7. The van der Waals surface area contributed by atoms with Crippen LogP contribution in [0.4, 0.5) is 30.2 Å². The van der Waals surface area contributed by atoms with Crippen molar-refractivity contribution >= 4 is 23.0 Å². The highest BCUT2D eigenvalue weighted by Gasteiger charge is 2.30. The summed E-state index contributed by atoms with van der Waals surface area (Å²) in [6, 6.07) is 14.4. The number of halogens is 3. The largest absolute Gasteiger partial charge is 0.416 e. The number of aromatic nitrogens is 1. The molecule has 0 spiro atoms. The Bertz CT molecular complexity index is 1050. The normalized spacial score (nSPS) is 15.9. The van der Waals surface area contributed by atoms with Crippen LogP contribution in [0.15, 0.2) is 67.0 Å². The fourth-order valence-corrected chi connectivity index (χ4v) is 3.59. The molecule has 1 amide bonds. The van der Waals surface area contributed by atoms with Crippen LogP contribution in [0.3, 0.4) is 0 Å². The minimum absolute atomic E-state index is 0.224. The SMILES string of the molecule is CC1Cc2ccccc2N1c1cncc(C(=O)Nc2ccc(C(F)(F)F)cc2)c1. The number of benzene rings is 2. The van der Waals surface area contributed by atoms with Gasteiger partial charge in [0, 0.05) is 23.6 Å². The van der Waals surface area contributed by atoms with Crippen LogP contribution in [-0.4, -0.2) is 16.9 Å². The standard InChI is InChI=1S/C22H18F3N3O/c1-14-10-15-4-2-3-5-20(15)28(14)19-11-16(12-26-13-19)21(29)27-18-8-6-17(7-9-18)22(23,24)25/h2-9,11-14H,10H2,1H3,(H,27,29). The Morgan fingerprint density at radius 2 is 1.83 bits per heavy atom. The van der Waals surface area contributed by atoms with Crippen molar-refractivity contribution in [2.45, 2.75) is 25.6 Å². The van der Waals surface area contributed by atoms with Crippen molar-refractivity contribution < 1.29 is 18.0 Å². The second kappa shape index (κ2) is 7.24. The number of alkyl halides is 3. The number of pyridine rings is 1. The van der Waals surface area contributed by atoms with Crippen molar-refractivity contribution in [3.05, 3.63) is 83.7 Å². The first-order valence-electron chi connectivity index (χ1n) is 9.14. The molecule has 4 rings (SSSR count). The lowest BCUT2D eigenvalue weighted by atomic mass is 10.1. The van der Waals surface area contributed by atoms with Crippen LogP contribution in [0.2, 0.25) is 0 Å². The number of amides is 1. The fourth-order valence-electron chi connectivity index (χ4n) is 3.59. The highest BCUT2D eigenvalue weighted by Crippen LogP contribution is 2.38. The van der Waals surface area contributed by atoms with E-state index in [0.717, 1.165) is 29.9 Å². The molecule has 1 aromatic heterocycles. The van der Waals surface area contributed by atoms with Crippen LogP contribution in [0.1, 0.15) is 28.4 Å². The second-order valence-electron chi connectivity index (χ2n) is 7.01. The molecular weight excluding hydrogens is 379 g/mol. The van der Waals surface area contributed by atoms with E-state index in [9.17, 15) is 18.0 Å². The lowest BCUT2D eigenvalue weighted by Crippen LogP contribution is -2.24. The molecule has 0 saturated heterocycles. The molecule has 0 radical (unpaired) electrons. The Morgan fingerprint density at radius 3 is 2.55 bits per heavy atom. The molecule has 2 heterocycles. The molecule has 2 aromatic carbocycles. The predicted molar refractivity (Wildman–Crippen MR) is 105 cm³/mol. The van der Waals surface area contributed by atoms with Gasteiger partial charge in [0.1, 0.15) is 0 Å². The molecule has 148 valence electrons. The van der Waals surface area contributed by atoms with Crippen LogP contribution < -0.4 is 10.2 Å². The average molecular weight is 397 g/mol. The number of hydrogen-bond donors (Lipinski definition) is 1. The van der Waals surface area contributed by atoms with E-state index in [2.05, 4.69) is 28.2 Å². The third-order valence-electron chi connectivity index (χ3n) is 4.94. The molecule has 4 nitrogen and oxygen atoms in total. The summed E-state index contributed by atoms with van der Waals surface area (Å²) < 4.78 is 38.0. The topological polar surface area (TPSA) is 45.2 Å². The second-order valence-corrected chi connectivity index (χ2v) is 7.01. The van der Waals surface area contributed by atoms with Gasteiger partial charge in [0.2, 0.25) is 0 Å². The minimum atomic E-state index is -4.41. The van der Waals surface area contributed by atoms with E-state index >= 15 is 0 Å². The number of rotatable bonds is 3. The summed E-state index contributed by atoms with van der Waals surface area (Å²) in [7, 11) is 0. The number of anilines is 3. The van der Waals surface area contributed by atoms with E-state index in [1.54, 1.807) is 12.3 Å². The van der Waals surface area contributed by atoms with Crippen LogP contribution in [0.25, 0.3) is 0 Å². The molecule has 7 heteroatoms. The Kier molecular flexibility index (Phi) is 4.74. The van der Waals surface area contributed by atoms with Gasteiger partial charge < -0.3 is 10.2 Å². The molecule has 29 heavy (non-hydrogen) atoms. The van der Waals surface area contributed by atoms with Crippen molar-refractivity contribution in [3.8, 4) is 0 Å². The zero-order chi connectivity index (χ0) is 20.6. The van der Waals surface area contributed by atoms with Gasteiger partial charge in [0.05, 0.1) is 23.0 Å². The molecule has 1 unspecified atom stereocenters. The van der Waals surface area contributed by atoms with E-state index in [0.29, 0.717) is 5.56 Å². The van der Waals surface area contributed by atoms with Crippen LogP contribution in [0.5, 0.6) is 0 Å². The van der Waals surface area contributed by atoms with E-state index in [4.69, 9.17) is 0 Å². The van der Waals surface area contributed by atoms with Crippen LogP contribution >= 0.6 is 0 Å². The number of carbonyl (C=O) groups excluding carboxylic acids is 1. The molecule has 0 fully saturated rings. The zero-order valence-electron chi connectivity index (χ0n) is 15.6. The molecule has 1 N–H and O–H groups in total. The van der Waals surface area contributed by atoms with Crippen molar-refractivity contribution in [2.24, 2.45) is 0 Å². The van der Waals surface area contributed by atoms with Gasteiger partial charge in [0.25, 0.3) is 5.91 Å². The van der Waals surface area contributed by atoms with Gasteiger partial charge in [0.15, 0.2) is 0 Å². The van der Waals surface area contributed by atoms with Gasteiger partial charge in [-0.2, -0.15) is 13.2 Å². The molecule has 0 saturated carbocycles. The monoisotopic (exact) mass is 397 g/mol. The van der Waals surface area contributed by atoms with Crippen LogP contribution in [0, 0.1) is 0 Å². The maximum atomic E-state index is 12.7. The van der Waals surface area contributed by atoms with Crippen molar-refractivity contribution in [2.75, 3.05) is 10.2 Å². The molecule has 1 atom stereocenters. The summed E-state index contributed by atoms with van der Waals surface area (Å²) in [6.07, 6.45) is -0.370. The number of nitrogens with one attached hydrogen (secondary N) is 1. The van der Waals surface area contributed by atoms with Gasteiger partial charge >= 0.3 is 6.18 Å². The number of nitrogens with zero attached hydrogens (tertiary/aromatic N) is 2. The maximum Gasteiger partial charge on any atom is 0.416 e. The molecule has 0 bridgehead atoms. The minimum Gasteiger partial charge on any atom is -0.337 e. The summed E-state index contributed by atoms with van der Waals surface area (Å²) in [5, 5.41) is 2.62. The van der Waals surface area contributed by atoms with Crippen molar-refractivity contribution in [1.29, 1.82) is 0 Å². The highest BCUT2D eigenvalue weighted by molar-refractivity contribution is 6.04. The van der Waals surface area contributed by atoms with Gasteiger partial charge in [-0.3, -0.25) is 9.78 Å². The van der Waals surface area contributed by atoms with Crippen molar-refractivity contribution in [1.82, 2.24) is 4.98 Å². The lowest BCUT2D eigenvalue weighted by Gasteiger charge is -2.25. The first-order valence-corrected chi connectivity index (χ1v) is 9.14. The van der Waals surface area contributed by atoms with Gasteiger partial charge in [-0.1, -0.05) is 18.2 Å². The molecule has 1 aliphatic rings. The smallest absolute Gasteiger partial charge is 0.337 e. The predicted octanol–water partition coefficient (Wildman–Crippen LogP) is 5.44. The van der Waals surface area contributed by atoms with E-state index in [-0.39, 0.29) is 11.7 Å². The molecular formula is C22H18F3N3O. The number of carbonyl (C=O) groups is 1. The van der Waals surface area contributed by atoms with Crippen LogP contribution in [-0.2, 0) is 12.6 Å². The molecule has 0 aliphatic carbocycles. The summed E-state index contributed by atoms with van der Waals surface area (Å²) in [6.45, 7) is 2.11. The fraction of sp³-hybridized carbons (Fsp3) is 0.182. The summed E-state index contributed by atoms with van der Waals surface area (Å²) in [5.41, 5.74) is 2.97.